The number of oxazole rings is 1. The summed E-state index contributed by atoms with van der Waals surface area (Å²) in [6.45, 7) is 1.91. The third kappa shape index (κ3) is 4.02. The average Bonchev–Trinajstić information content (AvgIpc) is 2.92. The summed E-state index contributed by atoms with van der Waals surface area (Å²) < 4.78 is 19.5. The predicted octanol–water partition coefficient (Wildman–Crippen LogP) is 3.37. The first kappa shape index (κ1) is 18.3. The number of fused-ring (bicyclic) bond motifs is 1. The Hall–Kier alpha value is -3.49. The van der Waals surface area contributed by atoms with Crippen LogP contribution in [0.25, 0.3) is 11.1 Å². The maximum absolute atomic E-state index is 13.1. The van der Waals surface area contributed by atoms with Crippen LogP contribution in [-0.4, -0.2) is 15.4 Å². The zero-order chi connectivity index (χ0) is 19.6. The van der Waals surface area contributed by atoms with Gasteiger partial charge in [0.25, 0.3) is 5.69 Å². The highest BCUT2D eigenvalue weighted by molar-refractivity contribution is 5.91. The molecule has 0 saturated heterocycles. The Labute approximate surface area is 152 Å². The van der Waals surface area contributed by atoms with Crippen molar-refractivity contribution in [2.45, 2.75) is 26.3 Å². The second kappa shape index (κ2) is 7.40. The van der Waals surface area contributed by atoms with Gasteiger partial charge in [-0.1, -0.05) is 0 Å². The smallest absolute Gasteiger partial charge is 0.407 e. The first-order chi connectivity index (χ1) is 12.8. The maximum atomic E-state index is 13.1. The quantitative estimate of drug-likeness (QED) is 0.526. The van der Waals surface area contributed by atoms with E-state index in [-0.39, 0.29) is 36.0 Å². The minimum atomic E-state index is -0.639. The van der Waals surface area contributed by atoms with Crippen LogP contribution in [0.5, 0.6) is 0 Å². The van der Waals surface area contributed by atoms with Crippen molar-refractivity contribution in [3.63, 3.8) is 0 Å². The van der Waals surface area contributed by atoms with Crippen LogP contribution in [0, 0.1) is 22.9 Å². The molecule has 9 heteroatoms. The molecule has 0 spiro atoms. The molecule has 3 aromatic rings. The minimum Gasteiger partial charge on any atom is -0.407 e. The van der Waals surface area contributed by atoms with Gasteiger partial charge in [-0.05, 0) is 43.2 Å². The number of amides is 1. The molecule has 0 aliphatic carbocycles. The van der Waals surface area contributed by atoms with Crippen LogP contribution in [0.3, 0.4) is 0 Å². The number of carbonyl (C=O) groups excluding carboxylic acids is 1. The molecule has 0 aliphatic rings. The molecule has 0 unspecified atom stereocenters. The summed E-state index contributed by atoms with van der Waals surface area (Å²) in [7, 11) is 0. The fraction of sp³-hybridized carbons (Fsp3) is 0.222. The molecule has 0 saturated carbocycles. The fourth-order valence-electron chi connectivity index (χ4n) is 2.76. The molecule has 3 rings (SSSR count). The van der Waals surface area contributed by atoms with E-state index in [4.69, 9.17) is 4.42 Å². The summed E-state index contributed by atoms with van der Waals surface area (Å²) in [6, 6.07) is 8.00. The number of nitrogens with zero attached hydrogens (tertiary/aromatic N) is 2. The lowest BCUT2D eigenvalue weighted by Crippen LogP contribution is -2.17. The van der Waals surface area contributed by atoms with Crippen LogP contribution in [0.4, 0.5) is 15.8 Å². The molecule has 27 heavy (non-hydrogen) atoms. The summed E-state index contributed by atoms with van der Waals surface area (Å²) in [5.74, 6) is -1.28. The van der Waals surface area contributed by atoms with Crippen molar-refractivity contribution in [3.05, 3.63) is 68.4 Å². The molecule has 2 aromatic carbocycles. The summed E-state index contributed by atoms with van der Waals surface area (Å²) in [6.07, 6.45) is 0.501. The summed E-state index contributed by atoms with van der Waals surface area (Å²) >= 11 is 0. The summed E-state index contributed by atoms with van der Waals surface area (Å²) in [4.78, 5) is 34.2. The fourth-order valence-corrected chi connectivity index (χ4v) is 2.76. The number of halogens is 1. The SMILES string of the molecule is Cc1cc(F)ccc1NC(=O)CCCn1c(=O)oc2cc([N+](=O)[O-])ccc21. The van der Waals surface area contributed by atoms with Gasteiger partial charge in [0.2, 0.25) is 5.91 Å². The molecule has 1 N–H and O–H groups in total. The number of nitro groups is 1. The summed E-state index contributed by atoms with van der Waals surface area (Å²) in [5, 5.41) is 13.5. The Bertz CT molecular complexity index is 1090. The predicted molar refractivity (Wildman–Crippen MR) is 96.1 cm³/mol. The second-order valence-corrected chi connectivity index (χ2v) is 6.04. The number of carbonyl (C=O) groups is 1. The van der Waals surface area contributed by atoms with Crippen molar-refractivity contribution >= 4 is 28.4 Å². The van der Waals surface area contributed by atoms with Gasteiger partial charge in [-0.2, -0.15) is 0 Å². The van der Waals surface area contributed by atoms with E-state index in [0.29, 0.717) is 23.2 Å². The number of aryl methyl sites for hydroxylation is 2. The number of rotatable bonds is 6. The van der Waals surface area contributed by atoms with Crippen LogP contribution >= 0.6 is 0 Å². The van der Waals surface area contributed by atoms with Gasteiger partial charge < -0.3 is 9.73 Å². The van der Waals surface area contributed by atoms with E-state index >= 15 is 0 Å². The van der Waals surface area contributed by atoms with E-state index in [9.17, 15) is 24.1 Å². The maximum Gasteiger partial charge on any atom is 0.419 e. The minimum absolute atomic E-state index is 0.126. The normalized spacial score (nSPS) is 10.9. The van der Waals surface area contributed by atoms with E-state index in [1.807, 2.05) is 0 Å². The Kier molecular flexibility index (Phi) is 5.02. The van der Waals surface area contributed by atoms with Gasteiger partial charge in [0.05, 0.1) is 16.5 Å². The van der Waals surface area contributed by atoms with Crippen LogP contribution < -0.4 is 11.1 Å². The molecule has 0 radical (unpaired) electrons. The number of hydrogen-bond acceptors (Lipinski definition) is 5. The van der Waals surface area contributed by atoms with E-state index in [1.165, 1.54) is 41.0 Å². The van der Waals surface area contributed by atoms with Crippen LogP contribution in [-0.2, 0) is 11.3 Å². The van der Waals surface area contributed by atoms with Gasteiger partial charge in [-0.25, -0.2) is 9.18 Å². The summed E-state index contributed by atoms with van der Waals surface area (Å²) in [5.41, 5.74) is 1.53. The van der Waals surface area contributed by atoms with Gasteiger partial charge in [0.1, 0.15) is 5.82 Å². The second-order valence-electron chi connectivity index (χ2n) is 6.04. The first-order valence-electron chi connectivity index (χ1n) is 8.19. The van der Waals surface area contributed by atoms with Crippen LogP contribution in [0.15, 0.2) is 45.6 Å². The molecule has 0 fully saturated rings. The highest BCUT2D eigenvalue weighted by atomic mass is 19.1. The molecule has 0 bridgehead atoms. The van der Waals surface area contributed by atoms with Gasteiger partial charge in [-0.3, -0.25) is 19.5 Å². The number of aromatic nitrogens is 1. The van der Waals surface area contributed by atoms with E-state index in [2.05, 4.69) is 5.32 Å². The first-order valence-corrected chi connectivity index (χ1v) is 8.19. The van der Waals surface area contributed by atoms with Crippen molar-refractivity contribution in [2.75, 3.05) is 5.32 Å². The van der Waals surface area contributed by atoms with E-state index < -0.39 is 10.7 Å². The van der Waals surface area contributed by atoms with Gasteiger partial charge in [-0.15, -0.1) is 0 Å². The van der Waals surface area contributed by atoms with Gasteiger partial charge in [0, 0.05) is 24.7 Å². The highest BCUT2D eigenvalue weighted by Gasteiger charge is 2.14. The Morgan fingerprint density at radius 3 is 2.78 bits per heavy atom. The monoisotopic (exact) mass is 373 g/mol. The molecule has 0 atom stereocenters. The number of hydrogen-bond donors (Lipinski definition) is 1. The lowest BCUT2D eigenvalue weighted by Gasteiger charge is -2.08. The number of anilines is 1. The van der Waals surface area contributed by atoms with Crippen molar-refractivity contribution in [1.29, 1.82) is 0 Å². The number of non-ortho nitro benzene ring substituents is 1. The largest absolute Gasteiger partial charge is 0.419 e. The van der Waals surface area contributed by atoms with Crippen LogP contribution in [0.1, 0.15) is 18.4 Å². The molecule has 8 nitrogen and oxygen atoms in total. The average molecular weight is 373 g/mol. The molecule has 1 heterocycles. The van der Waals surface area contributed by atoms with Crippen molar-refractivity contribution in [1.82, 2.24) is 4.57 Å². The lowest BCUT2D eigenvalue weighted by molar-refractivity contribution is -0.384. The van der Waals surface area contributed by atoms with Crippen molar-refractivity contribution < 1.29 is 18.5 Å². The number of nitro benzene ring substituents is 1. The van der Waals surface area contributed by atoms with Crippen molar-refractivity contribution in [3.8, 4) is 0 Å². The van der Waals surface area contributed by atoms with Crippen molar-refractivity contribution in [2.24, 2.45) is 0 Å². The standard InChI is InChI=1S/C18H16FN3O5/c1-11-9-12(19)4-6-14(11)20-17(23)3-2-8-21-15-7-5-13(22(25)26)10-16(15)27-18(21)24/h4-7,9-10H,2-3,8H2,1H3,(H,20,23). The van der Waals surface area contributed by atoms with Gasteiger partial charge in [0.15, 0.2) is 5.58 Å². The number of benzene rings is 2. The molecular formula is C18H16FN3O5. The van der Waals surface area contributed by atoms with E-state index in [1.54, 1.807) is 6.92 Å². The highest BCUT2D eigenvalue weighted by Crippen LogP contribution is 2.20. The topological polar surface area (TPSA) is 107 Å². The Morgan fingerprint density at radius 1 is 1.30 bits per heavy atom. The third-order valence-corrected chi connectivity index (χ3v) is 4.11. The third-order valence-electron chi connectivity index (χ3n) is 4.11. The number of nitrogens with one attached hydrogen (secondary N) is 1. The Balaban J connectivity index is 1.65. The zero-order valence-electron chi connectivity index (χ0n) is 14.4. The molecule has 1 aromatic heterocycles. The molecule has 140 valence electrons. The van der Waals surface area contributed by atoms with Gasteiger partial charge >= 0.3 is 5.76 Å². The zero-order valence-corrected chi connectivity index (χ0v) is 14.4. The molecular weight excluding hydrogens is 357 g/mol. The van der Waals surface area contributed by atoms with Crippen LogP contribution in [0.2, 0.25) is 0 Å². The lowest BCUT2D eigenvalue weighted by atomic mass is 10.2. The molecule has 1 amide bonds. The Morgan fingerprint density at radius 2 is 2.07 bits per heavy atom. The molecule has 0 aliphatic heterocycles. The van der Waals surface area contributed by atoms with E-state index in [0.717, 1.165) is 0 Å².